The van der Waals surface area contributed by atoms with Crippen molar-refractivity contribution in [3.05, 3.63) is 47.0 Å². The molecular weight excluding hydrogens is 458 g/mol. The van der Waals surface area contributed by atoms with E-state index in [0.29, 0.717) is 62.4 Å². The summed E-state index contributed by atoms with van der Waals surface area (Å²) in [6.45, 7) is 2.40. The Hall–Kier alpha value is -2.86. The van der Waals surface area contributed by atoms with E-state index >= 15 is 0 Å². The van der Waals surface area contributed by atoms with Gasteiger partial charge in [0.25, 0.3) is 5.91 Å². The average Bonchev–Trinajstić information content (AvgIpc) is 3.26. The van der Waals surface area contributed by atoms with Gasteiger partial charge in [-0.2, -0.15) is 0 Å². The number of fused-ring (bicyclic) bond motifs is 1. The number of morpholine rings is 1. The molecule has 2 amide bonds. The van der Waals surface area contributed by atoms with Gasteiger partial charge in [-0.15, -0.1) is 10.2 Å². The lowest BCUT2D eigenvalue weighted by molar-refractivity contribution is -0.160. The van der Waals surface area contributed by atoms with Gasteiger partial charge in [0.2, 0.25) is 11.0 Å². The van der Waals surface area contributed by atoms with Gasteiger partial charge in [0.1, 0.15) is 24.0 Å². The Morgan fingerprint density at radius 2 is 2.18 bits per heavy atom. The van der Waals surface area contributed by atoms with E-state index < -0.39 is 5.60 Å². The number of para-hydroxylation sites is 1. The summed E-state index contributed by atoms with van der Waals surface area (Å²) in [4.78, 5) is 27.7. The standard InChI is InChI=1S/C23H29N5O5S/c1-31-15-20-26-27-22(34-20)25-19(29)14-28-11-13-33-23(16-28)9-5-4-7-17-6-2-3-8-18(17)32-12-10-24-21(23)30/h2-6,8H,7,9-16H2,1H3,(H,24,30)(H,25,27,29)/b5-4+. The number of amides is 2. The van der Waals surface area contributed by atoms with Crippen LogP contribution >= 0.6 is 11.3 Å². The molecule has 0 aliphatic carbocycles. The molecule has 2 aliphatic heterocycles. The Morgan fingerprint density at radius 3 is 3.06 bits per heavy atom. The van der Waals surface area contributed by atoms with Crippen LogP contribution in [0.4, 0.5) is 5.13 Å². The molecule has 10 nitrogen and oxygen atoms in total. The minimum Gasteiger partial charge on any atom is -0.491 e. The topological polar surface area (TPSA) is 115 Å². The molecular formula is C23H29N5O5S. The van der Waals surface area contributed by atoms with E-state index in [4.69, 9.17) is 14.2 Å². The molecule has 4 rings (SSSR count). The average molecular weight is 488 g/mol. The van der Waals surface area contributed by atoms with Gasteiger partial charge in [0.05, 0.1) is 19.7 Å². The first kappa shape index (κ1) is 24.3. The Kier molecular flexibility index (Phi) is 8.22. The molecule has 1 atom stereocenters. The molecule has 2 aromatic rings. The molecule has 1 saturated heterocycles. The second-order valence-electron chi connectivity index (χ2n) is 8.13. The Morgan fingerprint density at radius 1 is 1.29 bits per heavy atom. The molecule has 3 heterocycles. The molecule has 1 aromatic heterocycles. The van der Waals surface area contributed by atoms with Crippen molar-refractivity contribution >= 4 is 28.3 Å². The van der Waals surface area contributed by atoms with Gasteiger partial charge < -0.3 is 19.5 Å². The summed E-state index contributed by atoms with van der Waals surface area (Å²) in [7, 11) is 1.58. The lowest BCUT2D eigenvalue weighted by Gasteiger charge is -2.41. The van der Waals surface area contributed by atoms with Crippen molar-refractivity contribution < 1.29 is 23.8 Å². The van der Waals surface area contributed by atoms with E-state index in [-0.39, 0.29) is 18.4 Å². The largest absolute Gasteiger partial charge is 0.491 e. The number of carbonyl (C=O) groups is 2. The molecule has 0 saturated carbocycles. The summed E-state index contributed by atoms with van der Waals surface area (Å²) in [6.07, 6.45) is 5.12. The first-order chi connectivity index (χ1) is 16.6. The quantitative estimate of drug-likeness (QED) is 0.608. The fraction of sp³-hybridized carbons (Fsp3) is 0.478. The van der Waals surface area contributed by atoms with E-state index in [1.165, 1.54) is 11.3 Å². The number of benzene rings is 1. The maximum absolute atomic E-state index is 13.2. The van der Waals surface area contributed by atoms with Crippen LogP contribution < -0.4 is 15.4 Å². The van der Waals surface area contributed by atoms with Crippen LogP contribution in [-0.2, 0) is 32.1 Å². The van der Waals surface area contributed by atoms with Crippen molar-refractivity contribution in [1.82, 2.24) is 20.4 Å². The number of hydrogen-bond acceptors (Lipinski definition) is 9. The van der Waals surface area contributed by atoms with Gasteiger partial charge in [-0.1, -0.05) is 41.7 Å². The van der Waals surface area contributed by atoms with Crippen LogP contribution in [0.5, 0.6) is 5.75 Å². The maximum atomic E-state index is 13.2. The Labute approximate surface area is 202 Å². The highest BCUT2D eigenvalue weighted by Crippen LogP contribution is 2.25. The van der Waals surface area contributed by atoms with E-state index in [2.05, 4.69) is 20.8 Å². The number of rotatable bonds is 5. The third-order valence-electron chi connectivity index (χ3n) is 5.60. The fourth-order valence-corrected chi connectivity index (χ4v) is 4.70. The van der Waals surface area contributed by atoms with E-state index in [1.807, 2.05) is 41.3 Å². The van der Waals surface area contributed by atoms with Gasteiger partial charge in [-0.3, -0.25) is 19.8 Å². The van der Waals surface area contributed by atoms with Crippen molar-refractivity contribution in [2.75, 3.05) is 51.8 Å². The zero-order valence-corrected chi connectivity index (χ0v) is 19.9. The highest BCUT2D eigenvalue weighted by Gasteiger charge is 2.43. The normalized spacial score (nSPS) is 22.6. The molecule has 11 heteroatoms. The molecule has 2 aliphatic rings. The van der Waals surface area contributed by atoms with Crippen LogP contribution in [-0.4, -0.2) is 79.0 Å². The molecule has 0 bridgehead atoms. The number of ether oxygens (including phenoxy) is 3. The summed E-state index contributed by atoms with van der Waals surface area (Å²) < 4.78 is 16.9. The van der Waals surface area contributed by atoms with Gasteiger partial charge in [-0.25, -0.2) is 0 Å². The van der Waals surface area contributed by atoms with E-state index in [9.17, 15) is 9.59 Å². The highest BCUT2D eigenvalue weighted by molar-refractivity contribution is 7.15. The minimum atomic E-state index is -1.07. The first-order valence-electron chi connectivity index (χ1n) is 11.2. The highest BCUT2D eigenvalue weighted by atomic mass is 32.1. The van der Waals surface area contributed by atoms with Crippen molar-refractivity contribution in [3.63, 3.8) is 0 Å². The summed E-state index contributed by atoms with van der Waals surface area (Å²) >= 11 is 1.27. The van der Waals surface area contributed by atoms with Gasteiger partial charge in [0, 0.05) is 26.6 Å². The SMILES string of the molecule is COCc1nnc(NC(=O)CN2CCOC3(C/C=C/Cc4ccccc4OCCNC3=O)C2)s1. The molecule has 2 N–H and O–H groups in total. The van der Waals surface area contributed by atoms with Crippen LogP contribution in [0.3, 0.4) is 0 Å². The van der Waals surface area contributed by atoms with Crippen LogP contribution in [0, 0.1) is 0 Å². The van der Waals surface area contributed by atoms with E-state index in [0.717, 1.165) is 11.3 Å². The fourth-order valence-electron chi connectivity index (χ4n) is 3.98. The van der Waals surface area contributed by atoms with Crippen molar-refractivity contribution in [3.8, 4) is 5.75 Å². The summed E-state index contributed by atoms with van der Waals surface area (Å²) in [5.74, 6) is 0.409. The number of aromatic nitrogens is 2. The smallest absolute Gasteiger partial charge is 0.254 e. The third kappa shape index (κ3) is 6.17. The number of nitrogens with one attached hydrogen (secondary N) is 2. The monoisotopic (exact) mass is 487 g/mol. The van der Waals surface area contributed by atoms with Crippen LogP contribution in [0.1, 0.15) is 17.0 Å². The molecule has 182 valence electrons. The molecule has 34 heavy (non-hydrogen) atoms. The summed E-state index contributed by atoms with van der Waals surface area (Å²) in [5.41, 5.74) is 0.0233. The first-order valence-corrected chi connectivity index (χ1v) is 12.0. The number of methoxy groups -OCH3 is 1. The van der Waals surface area contributed by atoms with Crippen LogP contribution in [0.2, 0.25) is 0 Å². The Balaban J connectivity index is 1.40. The second kappa shape index (κ2) is 11.5. The molecule has 0 radical (unpaired) electrons. The lowest BCUT2D eigenvalue weighted by atomic mass is 9.94. The molecule has 1 fully saturated rings. The summed E-state index contributed by atoms with van der Waals surface area (Å²) in [5, 5.41) is 14.8. The summed E-state index contributed by atoms with van der Waals surface area (Å²) in [6, 6.07) is 7.89. The van der Waals surface area contributed by atoms with Crippen molar-refractivity contribution in [1.29, 1.82) is 0 Å². The van der Waals surface area contributed by atoms with Crippen molar-refractivity contribution in [2.45, 2.75) is 25.0 Å². The van der Waals surface area contributed by atoms with Gasteiger partial charge in [0.15, 0.2) is 5.60 Å². The zero-order chi connectivity index (χ0) is 23.8. The van der Waals surface area contributed by atoms with Gasteiger partial charge >= 0.3 is 0 Å². The second-order valence-corrected chi connectivity index (χ2v) is 9.19. The number of nitrogens with zero attached hydrogens (tertiary/aromatic N) is 3. The Bertz CT molecular complexity index is 1030. The maximum Gasteiger partial charge on any atom is 0.254 e. The number of carbonyl (C=O) groups excluding carboxylic acids is 2. The van der Waals surface area contributed by atoms with Crippen LogP contribution in [0.25, 0.3) is 0 Å². The number of hydrogen-bond donors (Lipinski definition) is 2. The van der Waals surface area contributed by atoms with E-state index in [1.54, 1.807) is 7.11 Å². The molecule has 1 unspecified atom stereocenters. The molecule has 1 spiro atoms. The third-order valence-corrected chi connectivity index (χ3v) is 6.41. The minimum absolute atomic E-state index is 0.123. The number of allylic oxidation sites excluding steroid dienone is 1. The lowest BCUT2D eigenvalue weighted by Crippen LogP contribution is -2.60. The predicted octanol–water partition coefficient (Wildman–Crippen LogP) is 1.39. The van der Waals surface area contributed by atoms with Gasteiger partial charge in [-0.05, 0) is 18.1 Å². The van der Waals surface area contributed by atoms with Crippen molar-refractivity contribution in [2.24, 2.45) is 0 Å². The van der Waals surface area contributed by atoms with Crippen LogP contribution in [0.15, 0.2) is 36.4 Å². The molecule has 1 aromatic carbocycles. The zero-order valence-electron chi connectivity index (χ0n) is 19.1. The number of anilines is 1. The predicted molar refractivity (Wildman–Crippen MR) is 127 cm³/mol.